The van der Waals surface area contributed by atoms with Gasteiger partial charge in [-0.2, -0.15) is 4.31 Å². The summed E-state index contributed by atoms with van der Waals surface area (Å²) in [5.41, 5.74) is 6.03. The lowest BCUT2D eigenvalue weighted by atomic mass is 10.0. The second-order valence-corrected chi connectivity index (χ2v) is 9.47. The molecular formula is C16H27N3O3S2. The van der Waals surface area contributed by atoms with E-state index in [-0.39, 0.29) is 16.8 Å². The number of sulfonamides is 1. The van der Waals surface area contributed by atoms with Crippen LogP contribution in [0.3, 0.4) is 0 Å². The molecule has 8 heteroatoms. The molecule has 1 aromatic heterocycles. The molecule has 1 aliphatic heterocycles. The summed E-state index contributed by atoms with van der Waals surface area (Å²) in [5, 5.41) is 1.67. The van der Waals surface area contributed by atoms with E-state index >= 15 is 0 Å². The maximum atomic E-state index is 12.7. The number of nitrogens with two attached hydrogens (primary N) is 1. The van der Waals surface area contributed by atoms with Crippen LogP contribution in [0, 0.1) is 5.92 Å². The molecule has 0 saturated carbocycles. The Morgan fingerprint density at radius 3 is 2.58 bits per heavy atom. The van der Waals surface area contributed by atoms with Gasteiger partial charge in [0.1, 0.15) is 9.77 Å². The van der Waals surface area contributed by atoms with Crippen molar-refractivity contribution >= 4 is 27.3 Å². The molecule has 24 heavy (non-hydrogen) atoms. The van der Waals surface area contributed by atoms with Crippen LogP contribution in [0.4, 0.5) is 0 Å². The zero-order chi connectivity index (χ0) is 17.9. The summed E-state index contributed by atoms with van der Waals surface area (Å²) in [4.78, 5) is 14.7. The number of carbonyl (C=O) groups excluding carboxylic acids is 1. The van der Waals surface area contributed by atoms with Gasteiger partial charge in [-0.1, -0.05) is 13.8 Å². The molecule has 2 N–H and O–H groups in total. The molecule has 1 aromatic rings. The van der Waals surface area contributed by atoms with Gasteiger partial charge in [0, 0.05) is 32.7 Å². The first-order valence-electron chi connectivity index (χ1n) is 8.34. The highest BCUT2D eigenvalue weighted by Crippen LogP contribution is 2.28. The lowest BCUT2D eigenvalue weighted by Crippen LogP contribution is -2.35. The topological polar surface area (TPSA) is 83.7 Å². The van der Waals surface area contributed by atoms with Gasteiger partial charge in [0.05, 0.1) is 0 Å². The maximum absolute atomic E-state index is 12.7. The minimum atomic E-state index is -3.58. The van der Waals surface area contributed by atoms with Crippen LogP contribution in [0.5, 0.6) is 0 Å². The molecule has 0 aromatic carbocycles. The highest BCUT2D eigenvalue weighted by Gasteiger charge is 2.32. The number of hydrogen-bond donors (Lipinski definition) is 1. The molecule has 6 nitrogen and oxygen atoms in total. The highest BCUT2D eigenvalue weighted by atomic mass is 32.2. The van der Waals surface area contributed by atoms with Gasteiger partial charge in [-0.3, -0.25) is 4.79 Å². The van der Waals surface area contributed by atoms with E-state index in [9.17, 15) is 13.2 Å². The Morgan fingerprint density at radius 1 is 1.38 bits per heavy atom. The minimum Gasteiger partial charge on any atom is -0.341 e. The van der Waals surface area contributed by atoms with E-state index in [1.54, 1.807) is 23.4 Å². The summed E-state index contributed by atoms with van der Waals surface area (Å²) in [6.07, 6.45) is 2.44. The van der Waals surface area contributed by atoms with Crippen molar-refractivity contribution in [2.45, 2.75) is 44.0 Å². The van der Waals surface area contributed by atoms with Crippen molar-refractivity contribution in [3.63, 3.8) is 0 Å². The maximum Gasteiger partial charge on any atom is 0.265 e. The molecule has 2 rings (SSSR count). The lowest BCUT2D eigenvalue weighted by Gasteiger charge is -2.22. The molecule has 1 atom stereocenters. The molecule has 0 spiro atoms. The average molecular weight is 374 g/mol. The highest BCUT2D eigenvalue weighted by molar-refractivity contribution is 7.89. The van der Waals surface area contributed by atoms with Crippen molar-refractivity contribution in [2.75, 3.05) is 26.7 Å². The average Bonchev–Trinajstić information content (AvgIpc) is 3.22. The summed E-state index contributed by atoms with van der Waals surface area (Å²) in [5.74, 6) is 0.0973. The standard InChI is InChI=1S/C16H27N3O3S2/c1-12(2)13(17)6-10-18(3)16(20)15-14(7-11-23-15)24(21,22)19-8-4-5-9-19/h7,11-13H,4-6,8-10,17H2,1-3H3. The van der Waals surface area contributed by atoms with Crippen LogP contribution < -0.4 is 5.73 Å². The smallest absolute Gasteiger partial charge is 0.265 e. The SMILES string of the molecule is CC(C)C(N)CCN(C)C(=O)c1sccc1S(=O)(=O)N1CCCC1. The molecule has 0 radical (unpaired) electrons. The summed E-state index contributed by atoms with van der Waals surface area (Å²) in [7, 11) is -1.88. The molecule has 136 valence electrons. The quantitative estimate of drug-likeness (QED) is 0.792. The third-order valence-corrected chi connectivity index (χ3v) is 7.48. The third kappa shape index (κ3) is 4.17. The fourth-order valence-corrected chi connectivity index (χ4v) is 5.58. The number of rotatable bonds is 7. The van der Waals surface area contributed by atoms with E-state index in [0.717, 1.165) is 12.8 Å². The number of nitrogens with zero attached hydrogens (tertiary/aromatic N) is 2. The van der Waals surface area contributed by atoms with E-state index in [4.69, 9.17) is 5.73 Å². The van der Waals surface area contributed by atoms with Gasteiger partial charge in [0.15, 0.2) is 0 Å². The van der Waals surface area contributed by atoms with Crippen LogP contribution in [0.2, 0.25) is 0 Å². The number of amides is 1. The Kier molecular flexibility index (Phi) is 6.41. The molecule has 0 aliphatic carbocycles. The predicted molar refractivity (Wildman–Crippen MR) is 96.7 cm³/mol. The zero-order valence-corrected chi connectivity index (χ0v) is 16.2. The van der Waals surface area contributed by atoms with Gasteiger partial charge in [0.2, 0.25) is 10.0 Å². The molecular weight excluding hydrogens is 346 g/mol. The Balaban J connectivity index is 2.12. The lowest BCUT2D eigenvalue weighted by molar-refractivity contribution is 0.0790. The van der Waals surface area contributed by atoms with Crippen molar-refractivity contribution in [3.05, 3.63) is 16.3 Å². The van der Waals surface area contributed by atoms with Crippen molar-refractivity contribution in [1.29, 1.82) is 0 Å². The molecule has 1 amide bonds. The molecule has 1 saturated heterocycles. The first-order chi connectivity index (χ1) is 11.2. The normalized spacial score (nSPS) is 17.4. The van der Waals surface area contributed by atoms with Crippen LogP contribution in [-0.2, 0) is 10.0 Å². The Labute approximate surface area is 148 Å². The minimum absolute atomic E-state index is 0.0244. The zero-order valence-electron chi connectivity index (χ0n) is 14.6. The van der Waals surface area contributed by atoms with Gasteiger partial charge in [-0.05, 0) is 36.6 Å². The predicted octanol–water partition coefficient (Wildman–Crippen LogP) is 1.98. The first kappa shape index (κ1) is 19.4. The van der Waals surface area contributed by atoms with Crippen molar-refractivity contribution in [2.24, 2.45) is 11.7 Å². The van der Waals surface area contributed by atoms with Crippen LogP contribution in [0.15, 0.2) is 16.3 Å². The van der Waals surface area contributed by atoms with Crippen molar-refractivity contribution < 1.29 is 13.2 Å². The van der Waals surface area contributed by atoms with Crippen molar-refractivity contribution in [1.82, 2.24) is 9.21 Å². The third-order valence-electron chi connectivity index (χ3n) is 4.51. The molecule has 1 fully saturated rings. The van der Waals surface area contributed by atoms with E-state index < -0.39 is 10.0 Å². The van der Waals surface area contributed by atoms with Crippen LogP contribution in [-0.4, -0.2) is 56.3 Å². The molecule has 1 unspecified atom stereocenters. The van der Waals surface area contributed by atoms with Crippen LogP contribution in [0.25, 0.3) is 0 Å². The second-order valence-electron chi connectivity index (χ2n) is 6.65. The molecule has 0 bridgehead atoms. The van der Waals surface area contributed by atoms with Gasteiger partial charge < -0.3 is 10.6 Å². The summed E-state index contributed by atoms with van der Waals surface area (Å²) in [6.45, 7) is 5.67. The molecule has 1 aliphatic rings. The van der Waals surface area contributed by atoms with Gasteiger partial charge >= 0.3 is 0 Å². The Bertz CT molecular complexity index is 664. The van der Waals surface area contributed by atoms with E-state index in [2.05, 4.69) is 0 Å². The largest absolute Gasteiger partial charge is 0.341 e. The second kappa shape index (κ2) is 7.95. The fraction of sp³-hybridized carbons (Fsp3) is 0.688. The number of carbonyl (C=O) groups is 1. The number of thiophene rings is 1. The van der Waals surface area contributed by atoms with Gasteiger partial charge in [-0.25, -0.2) is 8.42 Å². The van der Waals surface area contributed by atoms with E-state index in [1.807, 2.05) is 13.8 Å². The monoisotopic (exact) mass is 373 g/mol. The van der Waals surface area contributed by atoms with E-state index in [0.29, 0.717) is 36.9 Å². The van der Waals surface area contributed by atoms with Gasteiger partial charge in [-0.15, -0.1) is 11.3 Å². The summed E-state index contributed by atoms with van der Waals surface area (Å²) in [6, 6.07) is 1.57. The molecule has 2 heterocycles. The van der Waals surface area contributed by atoms with E-state index in [1.165, 1.54) is 15.6 Å². The fourth-order valence-electron chi connectivity index (χ4n) is 2.68. The Morgan fingerprint density at radius 2 is 2.00 bits per heavy atom. The summed E-state index contributed by atoms with van der Waals surface area (Å²) >= 11 is 1.18. The first-order valence-corrected chi connectivity index (χ1v) is 10.7. The summed E-state index contributed by atoms with van der Waals surface area (Å²) < 4.78 is 27.0. The van der Waals surface area contributed by atoms with Crippen LogP contribution in [0.1, 0.15) is 42.8 Å². The number of hydrogen-bond acceptors (Lipinski definition) is 5. The van der Waals surface area contributed by atoms with Gasteiger partial charge in [0.25, 0.3) is 5.91 Å². The Hall–Kier alpha value is -0.960. The van der Waals surface area contributed by atoms with Crippen LogP contribution >= 0.6 is 11.3 Å². The van der Waals surface area contributed by atoms with Crippen molar-refractivity contribution in [3.8, 4) is 0 Å².